The third-order valence-electron chi connectivity index (χ3n) is 3.87. The van der Waals surface area contributed by atoms with E-state index in [4.69, 9.17) is 21.3 Å². The van der Waals surface area contributed by atoms with Gasteiger partial charge in [-0.2, -0.15) is 0 Å². The Bertz CT molecular complexity index is 498. The van der Waals surface area contributed by atoms with Crippen molar-refractivity contribution in [3.8, 4) is 0 Å². The van der Waals surface area contributed by atoms with E-state index in [0.29, 0.717) is 5.92 Å². The molecule has 1 atom stereocenters. The van der Waals surface area contributed by atoms with Gasteiger partial charge in [0.05, 0.1) is 6.61 Å². The zero-order valence-corrected chi connectivity index (χ0v) is 17.0. The monoisotopic (exact) mass is 451 g/mol. The van der Waals surface area contributed by atoms with Crippen molar-refractivity contribution >= 4 is 41.5 Å². The number of hydrogen-bond donors (Lipinski definition) is 1. The molecule has 0 saturated carbocycles. The lowest BCUT2D eigenvalue weighted by Gasteiger charge is -2.21. The van der Waals surface area contributed by atoms with Crippen LogP contribution < -0.4 is 5.32 Å². The second kappa shape index (κ2) is 11.1. The normalized spacial score (nSPS) is 18.0. The van der Waals surface area contributed by atoms with E-state index in [1.807, 2.05) is 18.2 Å². The molecule has 0 amide bonds. The van der Waals surface area contributed by atoms with Gasteiger partial charge in [0.15, 0.2) is 5.96 Å². The van der Waals surface area contributed by atoms with E-state index in [-0.39, 0.29) is 24.0 Å². The molecule has 1 N–H and O–H groups in total. The fraction of sp³-hybridized carbons (Fsp3) is 0.588. The van der Waals surface area contributed by atoms with Gasteiger partial charge in [-0.1, -0.05) is 23.7 Å². The molecule has 0 spiro atoms. The number of halogens is 2. The zero-order chi connectivity index (χ0) is 15.8. The van der Waals surface area contributed by atoms with Gasteiger partial charge in [0.1, 0.15) is 0 Å². The highest BCUT2D eigenvalue weighted by atomic mass is 127. The van der Waals surface area contributed by atoms with Crippen LogP contribution in [0.1, 0.15) is 18.9 Å². The van der Waals surface area contributed by atoms with Crippen LogP contribution in [0.5, 0.6) is 0 Å². The number of benzene rings is 1. The summed E-state index contributed by atoms with van der Waals surface area (Å²) in [6.45, 7) is 6.68. The molecule has 1 aliphatic rings. The lowest BCUT2D eigenvalue weighted by molar-refractivity contribution is 0.157. The average Bonchev–Trinajstić information content (AvgIpc) is 2.95. The second-order valence-corrected chi connectivity index (χ2v) is 6.11. The Morgan fingerprint density at radius 2 is 2.30 bits per heavy atom. The maximum absolute atomic E-state index is 6.02. The zero-order valence-electron chi connectivity index (χ0n) is 13.9. The van der Waals surface area contributed by atoms with Crippen LogP contribution >= 0.6 is 35.6 Å². The summed E-state index contributed by atoms with van der Waals surface area (Å²) in [6, 6.07) is 7.99. The molecule has 0 aliphatic carbocycles. The van der Waals surface area contributed by atoms with Gasteiger partial charge in [-0.15, -0.1) is 24.0 Å². The van der Waals surface area contributed by atoms with Gasteiger partial charge < -0.3 is 15.0 Å². The number of methoxy groups -OCH3 is 1. The summed E-state index contributed by atoms with van der Waals surface area (Å²) >= 11 is 6.02. The molecule has 130 valence electrons. The molecule has 0 aromatic heterocycles. The number of nitrogens with zero attached hydrogens (tertiary/aromatic N) is 2. The maximum Gasteiger partial charge on any atom is 0.193 e. The van der Waals surface area contributed by atoms with Crippen LogP contribution in [0.3, 0.4) is 0 Å². The molecule has 4 nitrogen and oxygen atoms in total. The van der Waals surface area contributed by atoms with Gasteiger partial charge >= 0.3 is 0 Å². The van der Waals surface area contributed by atoms with Crippen molar-refractivity contribution in [3.63, 3.8) is 0 Å². The topological polar surface area (TPSA) is 36.9 Å². The predicted molar refractivity (Wildman–Crippen MR) is 108 cm³/mol. The van der Waals surface area contributed by atoms with Crippen LogP contribution in [0.2, 0.25) is 5.02 Å². The first-order valence-electron chi connectivity index (χ1n) is 7.99. The number of nitrogens with one attached hydrogen (secondary N) is 1. The standard InChI is InChI=1S/C17H26ClN3O.HI/c1-3-19-17(21-10-8-15(12-21)13-22-2)20-9-7-14-5-4-6-16(18)11-14;/h4-6,11,15H,3,7-10,12-13H2,1-2H3,(H,19,20);1H. The molecule has 1 fully saturated rings. The fourth-order valence-corrected chi connectivity index (χ4v) is 3.02. The summed E-state index contributed by atoms with van der Waals surface area (Å²) in [5, 5.41) is 4.18. The summed E-state index contributed by atoms with van der Waals surface area (Å²) in [5.74, 6) is 1.63. The van der Waals surface area contributed by atoms with Crippen molar-refractivity contribution in [2.45, 2.75) is 19.8 Å². The van der Waals surface area contributed by atoms with Gasteiger partial charge in [-0.3, -0.25) is 4.99 Å². The highest BCUT2D eigenvalue weighted by Crippen LogP contribution is 2.16. The molecule has 1 aromatic carbocycles. The molecule has 2 rings (SSSR count). The van der Waals surface area contributed by atoms with Crippen molar-refractivity contribution in [1.82, 2.24) is 10.2 Å². The first-order chi connectivity index (χ1) is 10.7. The Hall–Kier alpha value is -0.530. The van der Waals surface area contributed by atoms with Crippen LogP contribution in [0.15, 0.2) is 29.3 Å². The van der Waals surface area contributed by atoms with Gasteiger partial charge in [0, 0.05) is 44.2 Å². The highest BCUT2D eigenvalue weighted by molar-refractivity contribution is 14.0. The molecule has 1 aliphatic heterocycles. The fourth-order valence-electron chi connectivity index (χ4n) is 2.81. The molecule has 1 unspecified atom stereocenters. The molecule has 0 radical (unpaired) electrons. The lowest BCUT2D eigenvalue weighted by Crippen LogP contribution is -2.40. The van der Waals surface area contributed by atoms with Crippen molar-refractivity contribution < 1.29 is 4.74 Å². The molecular weight excluding hydrogens is 425 g/mol. The first-order valence-corrected chi connectivity index (χ1v) is 8.37. The SMILES string of the molecule is CCNC(=NCCc1cccc(Cl)c1)N1CCC(COC)C1.I. The summed E-state index contributed by atoms with van der Waals surface area (Å²) in [5.41, 5.74) is 1.23. The maximum atomic E-state index is 6.02. The van der Waals surface area contributed by atoms with E-state index in [0.717, 1.165) is 50.2 Å². The Kier molecular flexibility index (Phi) is 9.90. The van der Waals surface area contributed by atoms with Gasteiger partial charge in [-0.05, 0) is 37.5 Å². The summed E-state index contributed by atoms with van der Waals surface area (Å²) in [4.78, 5) is 7.10. The van der Waals surface area contributed by atoms with Crippen molar-refractivity contribution in [1.29, 1.82) is 0 Å². The number of aliphatic imine (C=N–C) groups is 1. The molecule has 6 heteroatoms. The lowest BCUT2D eigenvalue weighted by atomic mass is 10.1. The van der Waals surface area contributed by atoms with E-state index >= 15 is 0 Å². The minimum Gasteiger partial charge on any atom is -0.384 e. The quantitative estimate of drug-likeness (QED) is 0.409. The van der Waals surface area contributed by atoms with Gasteiger partial charge in [-0.25, -0.2) is 0 Å². The Balaban J connectivity index is 0.00000264. The molecular formula is C17H27ClIN3O. The minimum absolute atomic E-state index is 0. The highest BCUT2D eigenvalue weighted by Gasteiger charge is 2.24. The van der Waals surface area contributed by atoms with Gasteiger partial charge in [0.25, 0.3) is 0 Å². The summed E-state index contributed by atoms with van der Waals surface area (Å²) < 4.78 is 5.26. The number of guanidine groups is 1. The van der Waals surface area contributed by atoms with Crippen LogP contribution in [-0.2, 0) is 11.2 Å². The van der Waals surface area contributed by atoms with E-state index in [1.165, 1.54) is 12.0 Å². The summed E-state index contributed by atoms with van der Waals surface area (Å²) in [6.07, 6.45) is 2.08. The third kappa shape index (κ3) is 6.85. The first kappa shape index (κ1) is 20.5. The minimum atomic E-state index is 0. The van der Waals surface area contributed by atoms with E-state index in [2.05, 4.69) is 23.2 Å². The average molecular weight is 452 g/mol. The Morgan fingerprint density at radius 1 is 1.48 bits per heavy atom. The van der Waals surface area contributed by atoms with Crippen LogP contribution in [0.25, 0.3) is 0 Å². The molecule has 1 saturated heterocycles. The Labute approximate surface area is 161 Å². The molecule has 23 heavy (non-hydrogen) atoms. The third-order valence-corrected chi connectivity index (χ3v) is 4.11. The number of likely N-dealkylation sites (tertiary alicyclic amines) is 1. The van der Waals surface area contributed by atoms with E-state index < -0.39 is 0 Å². The summed E-state index contributed by atoms with van der Waals surface area (Å²) in [7, 11) is 1.77. The van der Waals surface area contributed by atoms with Crippen molar-refractivity contribution in [2.75, 3.05) is 39.9 Å². The largest absolute Gasteiger partial charge is 0.384 e. The van der Waals surface area contributed by atoms with Crippen LogP contribution in [-0.4, -0.2) is 50.8 Å². The second-order valence-electron chi connectivity index (χ2n) is 5.67. The van der Waals surface area contributed by atoms with E-state index in [9.17, 15) is 0 Å². The smallest absolute Gasteiger partial charge is 0.193 e. The molecule has 0 bridgehead atoms. The van der Waals surface area contributed by atoms with Gasteiger partial charge in [0.2, 0.25) is 0 Å². The predicted octanol–water partition coefficient (Wildman–Crippen LogP) is 3.43. The molecule has 1 heterocycles. The Morgan fingerprint density at radius 3 is 3.00 bits per heavy atom. The van der Waals surface area contributed by atoms with E-state index in [1.54, 1.807) is 7.11 Å². The number of hydrogen-bond acceptors (Lipinski definition) is 2. The van der Waals surface area contributed by atoms with Crippen molar-refractivity contribution in [3.05, 3.63) is 34.9 Å². The number of ether oxygens (including phenoxy) is 1. The number of rotatable bonds is 6. The molecule has 1 aromatic rings. The van der Waals surface area contributed by atoms with Crippen molar-refractivity contribution in [2.24, 2.45) is 10.9 Å². The van der Waals surface area contributed by atoms with Crippen LogP contribution in [0, 0.1) is 5.92 Å². The van der Waals surface area contributed by atoms with Crippen LogP contribution in [0.4, 0.5) is 0 Å².